The van der Waals surface area contributed by atoms with Gasteiger partial charge in [0.15, 0.2) is 0 Å². The minimum Gasteiger partial charge on any atom is -0.457 e. The van der Waals surface area contributed by atoms with Crippen molar-refractivity contribution in [1.82, 2.24) is 5.32 Å². The number of nitrogens with one attached hydrogen (secondary N) is 1. The summed E-state index contributed by atoms with van der Waals surface area (Å²) in [6.45, 7) is 7.02. The zero-order chi connectivity index (χ0) is 15.4. The van der Waals surface area contributed by atoms with Gasteiger partial charge in [0.1, 0.15) is 11.5 Å². The zero-order valence-corrected chi connectivity index (χ0v) is 14.8. The van der Waals surface area contributed by atoms with Crippen LogP contribution in [0.25, 0.3) is 0 Å². The van der Waals surface area contributed by atoms with Crippen molar-refractivity contribution in [2.75, 3.05) is 0 Å². The monoisotopic (exact) mass is 367 g/mol. The quantitative estimate of drug-likeness (QED) is 0.730. The number of hydrogen-bond acceptors (Lipinski definition) is 2. The Morgan fingerprint density at radius 2 is 1.81 bits per heavy atom. The van der Waals surface area contributed by atoms with Crippen molar-refractivity contribution >= 4 is 27.5 Å². The van der Waals surface area contributed by atoms with Crippen LogP contribution in [0.1, 0.15) is 25.0 Å². The lowest BCUT2D eigenvalue weighted by Gasteiger charge is -2.12. The Labute approximate surface area is 139 Å². The standard InChI is InChI=1S/C17H19BrClNO/c1-11(2)20-10-13-4-5-15(9-17(13)19)21-14-6-7-16(18)12(3)8-14/h4-9,11,20H,10H2,1-3H3. The second kappa shape index (κ2) is 7.30. The zero-order valence-electron chi connectivity index (χ0n) is 12.4. The van der Waals surface area contributed by atoms with Gasteiger partial charge in [-0.25, -0.2) is 0 Å². The Kier molecular flexibility index (Phi) is 5.68. The van der Waals surface area contributed by atoms with E-state index in [4.69, 9.17) is 16.3 Å². The fraction of sp³-hybridized carbons (Fsp3) is 0.294. The molecule has 4 heteroatoms. The van der Waals surface area contributed by atoms with Gasteiger partial charge in [0, 0.05) is 22.1 Å². The van der Waals surface area contributed by atoms with Crippen LogP contribution in [0.4, 0.5) is 0 Å². The lowest BCUT2D eigenvalue weighted by Crippen LogP contribution is -2.21. The molecule has 0 amide bonds. The van der Waals surface area contributed by atoms with E-state index in [-0.39, 0.29) is 0 Å². The van der Waals surface area contributed by atoms with E-state index in [0.29, 0.717) is 6.04 Å². The molecule has 1 N–H and O–H groups in total. The molecule has 0 saturated carbocycles. The molecule has 0 aromatic heterocycles. The average molecular weight is 369 g/mol. The second-order valence-corrected chi connectivity index (χ2v) is 6.56. The van der Waals surface area contributed by atoms with Crippen molar-refractivity contribution < 1.29 is 4.74 Å². The summed E-state index contributed by atoms with van der Waals surface area (Å²) in [6.07, 6.45) is 0. The van der Waals surface area contributed by atoms with Crippen molar-refractivity contribution in [2.45, 2.75) is 33.4 Å². The highest BCUT2D eigenvalue weighted by Gasteiger charge is 2.05. The van der Waals surface area contributed by atoms with Gasteiger partial charge in [-0.05, 0) is 48.4 Å². The summed E-state index contributed by atoms with van der Waals surface area (Å²) in [5, 5.41) is 4.07. The van der Waals surface area contributed by atoms with E-state index in [1.54, 1.807) is 0 Å². The van der Waals surface area contributed by atoms with Crippen LogP contribution in [-0.2, 0) is 6.54 Å². The van der Waals surface area contributed by atoms with Crippen LogP contribution in [0.2, 0.25) is 5.02 Å². The van der Waals surface area contributed by atoms with Crippen LogP contribution >= 0.6 is 27.5 Å². The van der Waals surface area contributed by atoms with Gasteiger partial charge in [-0.1, -0.05) is 47.4 Å². The molecule has 2 aromatic rings. The highest BCUT2D eigenvalue weighted by molar-refractivity contribution is 9.10. The summed E-state index contributed by atoms with van der Waals surface area (Å²) in [5.74, 6) is 1.55. The smallest absolute Gasteiger partial charge is 0.128 e. The van der Waals surface area contributed by atoms with Crippen LogP contribution < -0.4 is 10.1 Å². The lowest BCUT2D eigenvalue weighted by molar-refractivity contribution is 0.481. The molecule has 0 saturated heterocycles. The molecule has 21 heavy (non-hydrogen) atoms. The molecule has 0 aliphatic carbocycles. The average Bonchev–Trinajstić information content (AvgIpc) is 2.42. The molecular weight excluding hydrogens is 350 g/mol. The molecule has 0 heterocycles. The third-order valence-corrected chi connectivity index (χ3v) is 4.33. The summed E-state index contributed by atoms with van der Waals surface area (Å²) in [7, 11) is 0. The number of aryl methyl sites for hydroxylation is 1. The van der Waals surface area contributed by atoms with Gasteiger partial charge in [0.25, 0.3) is 0 Å². The highest BCUT2D eigenvalue weighted by atomic mass is 79.9. The molecular formula is C17H19BrClNO. The lowest BCUT2D eigenvalue weighted by atomic mass is 10.2. The Morgan fingerprint density at radius 1 is 1.14 bits per heavy atom. The topological polar surface area (TPSA) is 21.3 Å². The van der Waals surface area contributed by atoms with Gasteiger partial charge in [-0.15, -0.1) is 0 Å². The SMILES string of the molecule is Cc1cc(Oc2ccc(CNC(C)C)c(Cl)c2)ccc1Br. The molecule has 0 fully saturated rings. The van der Waals surface area contributed by atoms with Gasteiger partial charge >= 0.3 is 0 Å². The van der Waals surface area contributed by atoms with E-state index in [1.807, 2.05) is 43.3 Å². The highest BCUT2D eigenvalue weighted by Crippen LogP contribution is 2.29. The first-order valence-corrected chi connectivity index (χ1v) is 8.08. The van der Waals surface area contributed by atoms with E-state index in [2.05, 4.69) is 35.1 Å². The molecule has 0 spiro atoms. The maximum Gasteiger partial charge on any atom is 0.128 e. The summed E-state index contributed by atoms with van der Waals surface area (Å²) >= 11 is 9.79. The molecule has 2 rings (SSSR count). The van der Waals surface area contributed by atoms with Crippen molar-refractivity contribution in [3.8, 4) is 11.5 Å². The van der Waals surface area contributed by atoms with Gasteiger partial charge in [-0.2, -0.15) is 0 Å². The maximum absolute atomic E-state index is 6.31. The summed E-state index contributed by atoms with van der Waals surface area (Å²) in [4.78, 5) is 0. The first kappa shape index (κ1) is 16.3. The first-order valence-electron chi connectivity index (χ1n) is 6.91. The van der Waals surface area contributed by atoms with Crippen LogP contribution in [0, 0.1) is 6.92 Å². The second-order valence-electron chi connectivity index (χ2n) is 5.30. The predicted molar refractivity (Wildman–Crippen MR) is 92.4 cm³/mol. The fourth-order valence-electron chi connectivity index (χ4n) is 1.87. The molecule has 0 aliphatic heterocycles. The van der Waals surface area contributed by atoms with Crippen LogP contribution in [0.15, 0.2) is 40.9 Å². The van der Waals surface area contributed by atoms with Crippen molar-refractivity contribution in [2.24, 2.45) is 0 Å². The summed E-state index contributed by atoms with van der Waals surface area (Å²) in [5.41, 5.74) is 2.21. The van der Waals surface area contributed by atoms with Crippen molar-refractivity contribution in [3.63, 3.8) is 0 Å². The molecule has 0 atom stereocenters. The third kappa shape index (κ3) is 4.73. The van der Waals surface area contributed by atoms with Gasteiger partial charge in [0.2, 0.25) is 0 Å². The molecule has 0 aliphatic rings. The first-order chi connectivity index (χ1) is 9.95. The third-order valence-electron chi connectivity index (χ3n) is 3.09. The van der Waals surface area contributed by atoms with Gasteiger partial charge < -0.3 is 10.1 Å². The van der Waals surface area contributed by atoms with Crippen molar-refractivity contribution in [1.29, 1.82) is 0 Å². The Morgan fingerprint density at radius 3 is 2.43 bits per heavy atom. The fourth-order valence-corrected chi connectivity index (χ4v) is 2.35. The molecule has 2 nitrogen and oxygen atoms in total. The van der Waals surface area contributed by atoms with E-state index in [9.17, 15) is 0 Å². The number of hydrogen-bond donors (Lipinski definition) is 1. The van der Waals surface area contributed by atoms with E-state index < -0.39 is 0 Å². The largest absolute Gasteiger partial charge is 0.457 e. The molecule has 112 valence electrons. The van der Waals surface area contributed by atoms with Crippen LogP contribution in [0.5, 0.6) is 11.5 Å². The number of benzene rings is 2. The van der Waals surface area contributed by atoms with Crippen molar-refractivity contribution in [3.05, 3.63) is 57.0 Å². The molecule has 0 radical (unpaired) electrons. The van der Waals surface area contributed by atoms with E-state index in [0.717, 1.165) is 38.7 Å². The Bertz CT molecular complexity index is 628. The molecule has 2 aromatic carbocycles. The summed E-state index contributed by atoms with van der Waals surface area (Å²) in [6, 6.07) is 12.1. The van der Waals surface area contributed by atoms with E-state index in [1.165, 1.54) is 0 Å². The van der Waals surface area contributed by atoms with Crippen LogP contribution in [-0.4, -0.2) is 6.04 Å². The molecule has 0 bridgehead atoms. The summed E-state index contributed by atoms with van der Waals surface area (Å²) < 4.78 is 6.92. The van der Waals surface area contributed by atoms with Gasteiger partial charge in [0.05, 0.1) is 0 Å². The normalized spacial score (nSPS) is 11.0. The minimum atomic E-state index is 0.433. The van der Waals surface area contributed by atoms with Crippen LogP contribution in [0.3, 0.4) is 0 Å². The number of ether oxygens (including phenoxy) is 1. The Balaban J connectivity index is 2.10. The van der Waals surface area contributed by atoms with E-state index >= 15 is 0 Å². The maximum atomic E-state index is 6.31. The minimum absolute atomic E-state index is 0.433. The Hall–Kier alpha value is -1.03. The van der Waals surface area contributed by atoms with Gasteiger partial charge in [-0.3, -0.25) is 0 Å². The number of rotatable bonds is 5. The predicted octanol–water partition coefficient (Wildman–Crippen LogP) is 5.70. The number of halogens is 2. The molecule has 0 unspecified atom stereocenters.